The average Bonchev–Trinajstić information content (AvgIpc) is 3.22. The number of carbonyl (C=O) groups excluding carboxylic acids is 2. The van der Waals surface area contributed by atoms with Crippen LogP contribution in [-0.2, 0) is 4.74 Å². The highest BCUT2D eigenvalue weighted by Gasteiger charge is 2.50. The lowest BCUT2D eigenvalue weighted by atomic mass is 9.59. The Labute approximate surface area is 175 Å². The second-order valence-corrected chi connectivity index (χ2v) is 8.23. The molecular weight excluding hydrogens is 384 g/mol. The third-order valence-electron chi connectivity index (χ3n) is 6.47. The lowest BCUT2D eigenvalue weighted by Gasteiger charge is -2.53. The molecule has 2 aromatic rings. The molecular formula is C21H28N6O3. The summed E-state index contributed by atoms with van der Waals surface area (Å²) in [6.07, 6.45) is 7.43. The molecule has 1 aliphatic heterocycles. The van der Waals surface area contributed by atoms with Gasteiger partial charge in [0.05, 0.1) is 18.8 Å². The van der Waals surface area contributed by atoms with Gasteiger partial charge in [-0.15, -0.1) is 5.10 Å². The third kappa shape index (κ3) is 3.94. The molecule has 9 heteroatoms. The van der Waals surface area contributed by atoms with Gasteiger partial charge in [0, 0.05) is 44.2 Å². The number of pyridine rings is 1. The van der Waals surface area contributed by atoms with Crippen molar-refractivity contribution in [1.82, 2.24) is 30.2 Å². The second-order valence-electron chi connectivity index (χ2n) is 8.23. The summed E-state index contributed by atoms with van der Waals surface area (Å²) < 4.78 is 6.79. The van der Waals surface area contributed by atoms with Crippen LogP contribution in [0.1, 0.15) is 58.3 Å². The monoisotopic (exact) mass is 412 g/mol. The zero-order chi connectivity index (χ0) is 21.1. The summed E-state index contributed by atoms with van der Waals surface area (Å²) in [6.45, 7) is 4.26. The summed E-state index contributed by atoms with van der Waals surface area (Å²) in [5.41, 5.74) is 2.00. The molecule has 2 fully saturated rings. The van der Waals surface area contributed by atoms with Crippen LogP contribution in [0.5, 0.6) is 0 Å². The van der Waals surface area contributed by atoms with Crippen LogP contribution in [0.3, 0.4) is 0 Å². The van der Waals surface area contributed by atoms with Gasteiger partial charge in [0.25, 0.3) is 11.8 Å². The minimum atomic E-state index is -0.236. The van der Waals surface area contributed by atoms with Crippen molar-refractivity contribution < 1.29 is 14.3 Å². The minimum Gasteiger partial charge on any atom is -0.383 e. The van der Waals surface area contributed by atoms with Crippen molar-refractivity contribution in [2.75, 3.05) is 33.4 Å². The topological polar surface area (TPSA) is 102 Å². The first-order chi connectivity index (χ1) is 14.5. The van der Waals surface area contributed by atoms with Gasteiger partial charge < -0.3 is 15.0 Å². The number of ether oxygens (including phenoxy) is 1. The van der Waals surface area contributed by atoms with Gasteiger partial charge >= 0.3 is 0 Å². The van der Waals surface area contributed by atoms with Gasteiger partial charge in [-0.25, -0.2) is 4.68 Å². The summed E-state index contributed by atoms with van der Waals surface area (Å²) in [5.74, 6) is -0.165. The number of aromatic nitrogens is 4. The average molecular weight is 412 g/mol. The van der Waals surface area contributed by atoms with E-state index in [9.17, 15) is 9.59 Å². The molecule has 1 spiro atoms. The number of hydrogen-bond donors (Lipinski definition) is 1. The number of methoxy groups -OCH3 is 1. The molecule has 2 amide bonds. The van der Waals surface area contributed by atoms with Gasteiger partial charge in [-0.1, -0.05) is 5.21 Å². The van der Waals surface area contributed by atoms with E-state index in [2.05, 4.69) is 20.6 Å². The number of piperidine rings is 1. The van der Waals surface area contributed by atoms with E-state index < -0.39 is 0 Å². The van der Waals surface area contributed by atoms with Crippen LogP contribution in [0.25, 0.3) is 0 Å². The molecule has 1 atom stereocenters. The van der Waals surface area contributed by atoms with Gasteiger partial charge in [-0.05, 0) is 50.2 Å². The van der Waals surface area contributed by atoms with Crippen molar-refractivity contribution in [2.24, 2.45) is 5.41 Å². The number of aryl methyl sites for hydroxylation is 1. The molecule has 1 unspecified atom stereocenters. The Morgan fingerprint density at radius 1 is 1.30 bits per heavy atom. The highest BCUT2D eigenvalue weighted by atomic mass is 16.5. The molecule has 30 heavy (non-hydrogen) atoms. The summed E-state index contributed by atoms with van der Waals surface area (Å²) in [6, 6.07) is 3.85. The van der Waals surface area contributed by atoms with E-state index in [1.165, 1.54) is 0 Å². The van der Waals surface area contributed by atoms with Crippen LogP contribution < -0.4 is 5.32 Å². The van der Waals surface area contributed by atoms with Crippen molar-refractivity contribution in [3.63, 3.8) is 0 Å². The Morgan fingerprint density at radius 2 is 2.10 bits per heavy atom. The third-order valence-corrected chi connectivity index (χ3v) is 6.47. The molecule has 1 saturated carbocycles. The number of nitrogens with zero attached hydrogens (tertiary/aromatic N) is 5. The van der Waals surface area contributed by atoms with Gasteiger partial charge in [-0.2, -0.15) is 0 Å². The smallest absolute Gasteiger partial charge is 0.273 e. The Balaban J connectivity index is 1.37. The molecule has 160 valence electrons. The maximum absolute atomic E-state index is 12.8. The first kappa shape index (κ1) is 20.5. The van der Waals surface area contributed by atoms with Gasteiger partial charge in [0.1, 0.15) is 0 Å². The number of hydrogen-bond acceptors (Lipinski definition) is 6. The van der Waals surface area contributed by atoms with Crippen molar-refractivity contribution >= 4 is 11.8 Å². The van der Waals surface area contributed by atoms with Crippen LogP contribution in [0.2, 0.25) is 0 Å². The summed E-state index contributed by atoms with van der Waals surface area (Å²) in [5, 5.41) is 11.1. The molecule has 0 radical (unpaired) electrons. The van der Waals surface area contributed by atoms with Crippen molar-refractivity contribution in [1.29, 1.82) is 0 Å². The van der Waals surface area contributed by atoms with Crippen molar-refractivity contribution in [3.8, 4) is 0 Å². The second kappa shape index (κ2) is 8.51. The lowest BCUT2D eigenvalue weighted by Crippen LogP contribution is -2.51. The predicted octanol–water partition coefficient (Wildman–Crippen LogP) is 1.62. The Morgan fingerprint density at radius 3 is 2.77 bits per heavy atom. The van der Waals surface area contributed by atoms with E-state index in [0.29, 0.717) is 24.4 Å². The van der Waals surface area contributed by atoms with Crippen LogP contribution in [0.4, 0.5) is 0 Å². The summed E-state index contributed by atoms with van der Waals surface area (Å²) in [7, 11) is 1.59. The molecule has 2 aliphatic rings. The van der Waals surface area contributed by atoms with Crippen LogP contribution >= 0.6 is 0 Å². The maximum atomic E-state index is 12.8. The Kier molecular flexibility index (Phi) is 5.80. The number of nitrogens with one attached hydrogen (secondary N) is 1. The van der Waals surface area contributed by atoms with E-state index in [0.717, 1.165) is 44.5 Å². The van der Waals surface area contributed by atoms with E-state index in [-0.39, 0.29) is 23.3 Å². The van der Waals surface area contributed by atoms with E-state index in [1.54, 1.807) is 25.6 Å². The highest BCUT2D eigenvalue weighted by Crippen LogP contribution is 2.56. The molecule has 9 nitrogen and oxygen atoms in total. The normalized spacial score (nSPS) is 20.1. The number of likely N-dealkylation sites (tertiary alicyclic amines) is 1. The molecule has 1 saturated heterocycles. The summed E-state index contributed by atoms with van der Waals surface area (Å²) >= 11 is 0. The fourth-order valence-electron chi connectivity index (χ4n) is 4.58. The number of carbonyl (C=O) groups is 2. The SMILES string of the molecule is COCCNC(=O)c1cn(C2CCC23CCN(C(=O)c2ccnc(C)c2)CC3)nn1. The number of rotatable bonds is 6. The fraction of sp³-hybridized carbons (Fsp3) is 0.571. The molecule has 3 heterocycles. The van der Waals surface area contributed by atoms with E-state index >= 15 is 0 Å². The van der Waals surface area contributed by atoms with Gasteiger partial charge in [-0.3, -0.25) is 14.6 Å². The van der Waals surface area contributed by atoms with E-state index in [4.69, 9.17) is 4.74 Å². The predicted molar refractivity (Wildman–Crippen MR) is 109 cm³/mol. The molecule has 0 aromatic carbocycles. The molecule has 1 N–H and O–H groups in total. The van der Waals surface area contributed by atoms with Gasteiger partial charge in [0.15, 0.2) is 5.69 Å². The largest absolute Gasteiger partial charge is 0.383 e. The molecule has 1 aliphatic carbocycles. The van der Waals surface area contributed by atoms with Crippen molar-refractivity contribution in [3.05, 3.63) is 41.5 Å². The van der Waals surface area contributed by atoms with Crippen LogP contribution in [-0.4, -0.2) is 70.0 Å². The van der Waals surface area contributed by atoms with E-state index in [1.807, 2.05) is 22.6 Å². The standard InChI is InChI=1S/C21H28N6O3/c1-15-13-16(4-8-22-15)20(29)26-10-6-21(7-11-26)5-3-18(21)27-14-17(24-25-27)19(28)23-9-12-30-2/h4,8,13-14,18H,3,5-7,9-12H2,1-2H3,(H,23,28). The number of amides is 2. The Hall–Kier alpha value is -2.81. The minimum absolute atomic E-state index is 0.0713. The first-order valence-corrected chi connectivity index (χ1v) is 10.4. The quantitative estimate of drug-likeness (QED) is 0.724. The van der Waals surface area contributed by atoms with Gasteiger partial charge in [0.2, 0.25) is 0 Å². The van der Waals surface area contributed by atoms with Crippen LogP contribution in [0.15, 0.2) is 24.5 Å². The zero-order valence-electron chi connectivity index (χ0n) is 17.5. The molecule has 0 bridgehead atoms. The molecule has 4 rings (SSSR count). The maximum Gasteiger partial charge on any atom is 0.273 e. The zero-order valence-corrected chi connectivity index (χ0v) is 17.5. The van der Waals surface area contributed by atoms with Crippen LogP contribution in [0, 0.1) is 12.3 Å². The molecule has 2 aromatic heterocycles. The lowest BCUT2D eigenvalue weighted by molar-refractivity contribution is -0.0268. The van der Waals surface area contributed by atoms with Crippen molar-refractivity contribution in [2.45, 2.75) is 38.6 Å². The Bertz CT molecular complexity index is 919. The summed E-state index contributed by atoms with van der Waals surface area (Å²) in [4.78, 5) is 31.1. The highest BCUT2D eigenvalue weighted by molar-refractivity contribution is 5.94. The fourth-order valence-corrected chi connectivity index (χ4v) is 4.58. The first-order valence-electron chi connectivity index (χ1n) is 10.4.